The summed E-state index contributed by atoms with van der Waals surface area (Å²) < 4.78 is 5.06. The highest BCUT2D eigenvalue weighted by molar-refractivity contribution is 5.86. The predicted molar refractivity (Wildman–Crippen MR) is 65.7 cm³/mol. The molecule has 2 fully saturated rings. The molecule has 0 aromatic rings. The van der Waals surface area contributed by atoms with Crippen molar-refractivity contribution in [3.63, 3.8) is 0 Å². The van der Waals surface area contributed by atoms with Gasteiger partial charge in [-0.25, -0.2) is 9.59 Å². The first-order valence-corrected chi connectivity index (χ1v) is 6.61. The van der Waals surface area contributed by atoms with Gasteiger partial charge in [-0.1, -0.05) is 12.8 Å². The summed E-state index contributed by atoms with van der Waals surface area (Å²) in [6, 6.07) is -0.860. The van der Waals surface area contributed by atoms with Gasteiger partial charge in [-0.3, -0.25) is 0 Å². The summed E-state index contributed by atoms with van der Waals surface area (Å²) in [5.74, 6) is -1.09. The van der Waals surface area contributed by atoms with Crippen LogP contribution < -0.4 is 10.6 Å². The first-order valence-electron chi connectivity index (χ1n) is 6.61. The summed E-state index contributed by atoms with van der Waals surface area (Å²) in [6.07, 6.45) is 2.98. The fourth-order valence-corrected chi connectivity index (χ4v) is 2.59. The Hall–Kier alpha value is -1.34. The van der Waals surface area contributed by atoms with Crippen LogP contribution in [0.1, 0.15) is 32.1 Å². The van der Waals surface area contributed by atoms with Gasteiger partial charge in [0.15, 0.2) is 5.54 Å². The number of carboxylic acids is 1. The molecule has 1 aliphatic heterocycles. The molecule has 1 saturated carbocycles. The third-order valence-electron chi connectivity index (χ3n) is 3.83. The average molecular weight is 272 g/mol. The van der Waals surface area contributed by atoms with E-state index in [1.54, 1.807) is 0 Å². The van der Waals surface area contributed by atoms with Gasteiger partial charge in [-0.15, -0.1) is 0 Å². The molecule has 1 heterocycles. The molecule has 3 unspecified atom stereocenters. The molecular formula is C12H20N2O5. The second-order valence-electron chi connectivity index (χ2n) is 5.25. The van der Waals surface area contributed by atoms with Crippen molar-refractivity contribution in [1.82, 2.24) is 10.6 Å². The maximum atomic E-state index is 11.9. The van der Waals surface area contributed by atoms with Crippen LogP contribution in [0.3, 0.4) is 0 Å². The number of aliphatic carboxylic acids is 1. The Balaban J connectivity index is 1.91. The molecule has 7 nitrogen and oxygen atoms in total. The lowest BCUT2D eigenvalue weighted by Gasteiger charge is -2.30. The molecule has 7 heteroatoms. The van der Waals surface area contributed by atoms with Crippen molar-refractivity contribution in [2.75, 3.05) is 13.2 Å². The lowest BCUT2D eigenvalue weighted by Crippen LogP contribution is -2.60. The standard InChI is InChI=1S/C12H20N2O5/c15-9-4-2-1-3-8(9)13-11(18)14-12(10(16)17)5-6-19-7-12/h8-9,15H,1-7H2,(H,16,17)(H2,13,14,18). The number of amides is 2. The van der Waals surface area contributed by atoms with Crippen molar-refractivity contribution in [1.29, 1.82) is 0 Å². The molecule has 3 atom stereocenters. The van der Waals surface area contributed by atoms with E-state index in [0.29, 0.717) is 19.4 Å². The summed E-state index contributed by atoms with van der Waals surface area (Å²) in [6.45, 7) is 0.293. The van der Waals surface area contributed by atoms with E-state index in [9.17, 15) is 19.8 Å². The van der Waals surface area contributed by atoms with E-state index in [4.69, 9.17) is 4.74 Å². The summed E-state index contributed by atoms with van der Waals surface area (Å²) in [5.41, 5.74) is -1.34. The minimum atomic E-state index is -1.34. The van der Waals surface area contributed by atoms with E-state index >= 15 is 0 Å². The van der Waals surface area contributed by atoms with E-state index in [0.717, 1.165) is 12.8 Å². The van der Waals surface area contributed by atoms with Crippen LogP contribution in [-0.4, -0.2) is 53.1 Å². The molecular weight excluding hydrogens is 252 g/mol. The number of carbonyl (C=O) groups excluding carboxylic acids is 1. The first kappa shape index (κ1) is 14.1. The molecule has 19 heavy (non-hydrogen) atoms. The number of aliphatic hydroxyl groups excluding tert-OH is 1. The summed E-state index contributed by atoms with van der Waals surface area (Å²) >= 11 is 0. The van der Waals surface area contributed by atoms with Crippen molar-refractivity contribution in [2.24, 2.45) is 0 Å². The SMILES string of the molecule is O=C(NC1CCCCC1O)NC1(C(=O)O)CCOC1. The van der Waals surface area contributed by atoms with Crippen molar-refractivity contribution in [3.8, 4) is 0 Å². The van der Waals surface area contributed by atoms with E-state index in [1.165, 1.54) is 0 Å². The number of aliphatic hydroxyl groups is 1. The van der Waals surface area contributed by atoms with Crippen LogP contribution in [0, 0.1) is 0 Å². The van der Waals surface area contributed by atoms with E-state index in [2.05, 4.69) is 10.6 Å². The molecule has 2 rings (SSSR count). The van der Waals surface area contributed by atoms with Crippen LogP contribution in [0.5, 0.6) is 0 Å². The molecule has 1 aliphatic carbocycles. The lowest BCUT2D eigenvalue weighted by atomic mass is 9.92. The van der Waals surface area contributed by atoms with E-state index < -0.39 is 23.6 Å². The maximum Gasteiger partial charge on any atom is 0.332 e. The number of hydrogen-bond acceptors (Lipinski definition) is 4. The van der Waals surface area contributed by atoms with Gasteiger partial charge in [0.2, 0.25) is 0 Å². The first-order chi connectivity index (χ1) is 9.03. The zero-order chi connectivity index (χ0) is 13.9. The second kappa shape index (κ2) is 5.75. The van der Waals surface area contributed by atoms with Gasteiger partial charge in [0, 0.05) is 13.0 Å². The lowest BCUT2D eigenvalue weighted by molar-refractivity contribution is -0.144. The maximum absolute atomic E-state index is 11.9. The number of hydrogen-bond donors (Lipinski definition) is 4. The Kier molecular flexibility index (Phi) is 4.26. The van der Waals surface area contributed by atoms with Crippen LogP contribution in [0.2, 0.25) is 0 Å². The number of ether oxygens (including phenoxy) is 1. The largest absolute Gasteiger partial charge is 0.479 e. The summed E-state index contributed by atoms with van der Waals surface area (Å²) in [5, 5.41) is 24.1. The Morgan fingerprint density at radius 2 is 2.00 bits per heavy atom. The molecule has 108 valence electrons. The Morgan fingerprint density at radius 3 is 2.58 bits per heavy atom. The number of urea groups is 1. The highest BCUT2D eigenvalue weighted by Gasteiger charge is 2.44. The molecule has 1 saturated heterocycles. The molecule has 4 N–H and O–H groups in total. The highest BCUT2D eigenvalue weighted by Crippen LogP contribution is 2.20. The zero-order valence-electron chi connectivity index (χ0n) is 10.7. The molecule has 2 amide bonds. The monoisotopic (exact) mass is 272 g/mol. The van der Waals surface area contributed by atoms with Crippen molar-refractivity contribution >= 4 is 12.0 Å². The molecule has 0 bridgehead atoms. The third-order valence-corrected chi connectivity index (χ3v) is 3.83. The Bertz CT molecular complexity index is 354. The predicted octanol–water partition coefficient (Wildman–Crippen LogP) is -0.167. The molecule has 0 radical (unpaired) electrons. The van der Waals surface area contributed by atoms with Gasteiger partial charge in [0.05, 0.1) is 18.8 Å². The highest BCUT2D eigenvalue weighted by atomic mass is 16.5. The third kappa shape index (κ3) is 3.16. The van der Waals surface area contributed by atoms with Gasteiger partial charge in [0.25, 0.3) is 0 Å². The van der Waals surface area contributed by atoms with Gasteiger partial charge in [0.1, 0.15) is 0 Å². The molecule has 0 aromatic heterocycles. The van der Waals surface area contributed by atoms with E-state index in [-0.39, 0.29) is 19.1 Å². The molecule has 2 aliphatic rings. The van der Waals surface area contributed by atoms with Crippen molar-refractivity contribution in [3.05, 3.63) is 0 Å². The minimum Gasteiger partial charge on any atom is -0.479 e. The van der Waals surface area contributed by atoms with Gasteiger partial charge >= 0.3 is 12.0 Å². The van der Waals surface area contributed by atoms with Crippen molar-refractivity contribution < 1.29 is 24.5 Å². The topological polar surface area (TPSA) is 108 Å². The second-order valence-corrected chi connectivity index (χ2v) is 5.25. The number of nitrogens with one attached hydrogen (secondary N) is 2. The summed E-state index contributed by atoms with van der Waals surface area (Å²) in [4.78, 5) is 23.1. The van der Waals surface area contributed by atoms with Crippen molar-refractivity contribution in [2.45, 2.75) is 49.8 Å². The van der Waals surface area contributed by atoms with Crippen LogP contribution in [0.4, 0.5) is 4.79 Å². The van der Waals surface area contributed by atoms with Crippen LogP contribution in [-0.2, 0) is 9.53 Å². The quantitative estimate of drug-likeness (QED) is 0.570. The van der Waals surface area contributed by atoms with Gasteiger partial charge in [-0.2, -0.15) is 0 Å². The minimum absolute atomic E-state index is 0.0248. The Morgan fingerprint density at radius 1 is 1.26 bits per heavy atom. The fraction of sp³-hybridized carbons (Fsp3) is 0.833. The van der Waals surface area contributed by atoms with Crippen LogP contribution in [0.15, 0.2) is 0 Å². The number of carbonyl (C=O) groups is 2. The van der Waals surface area contributed by atoms with Gasteiger partial charge < -0.3 is 25.6 Å². The van der Waals surface area contributed by atoms with Gasteiger partial charge in [-0.05, 0) is 12.8 Å². The number of rotatable bonds is 3. The Labute approximate surface area is 111 Å². The zero-order valence-corrected chi connectivity index (χ0v) is 10.7. The van der Waals surface area contributed by atoms with E-state index in [1.807, 2.05) is 0 Å². The summed E-state index contributed by atoms with van der Waals surface area (Å²) in [7, 11) is 0. The average Bonchev–Trinajstić information content (AvgIpc) is 2.82. The fourth-order valence-electron chi connectivity index (χ4n) is 2.59. The normalized spacial score (nSPS) is 34.8. The number of carboxylic acid groups (broad SMARTS) is 1. The van der Waals surface area contributed by atoms with Crippen LogP contribution in [0.25, 0.3) is 0 Å². The van der Waals surface area contributed by atoms with Crippen LogP contribution >= 0.6 is 0 Å². The molecule has 0 spiro atoms. The smallest absolute Gasteiger partial charge is 0.332 e. The molecule has 0 aromatic carbocycles.